The third-order valence-corrected chi connectivity index (χ3v) is 5.57. The van der Waals surface area contributed by atoms with Gasteiger partial charge in [0.05, 0.1) is 16.5 Å². The van der Waals surface area contributed by atoms with E-state index < -0.39 is 0 Å². The number of rotatable bonds is 7. The van der Waals surface area contributed by atoms with Gasteiger partial charge in [-0.15, -0.1) is 11.8 Å². The summed E-state index contributed by atoms with van der Waals surface area (Å²) in [7, 11) is 0. The minimum Gasteiger partial charge on any atom is -0.488 e. The zero-order valence-corrected chi connectivity index (χ0v) is 17.3. The summed E-state index contributed by atoms with van der Waals surface area (Å²) in [5, 5.41) is 3.28. The van der Waals surface area contributed by atoms with Crippen LogP contribution in [0.1, 0.15) is 13.8 Å². The van der Waals surface area contributed by atoms with Crippen LogP contribution in [-0.4, -0.2) is 45.8 Å². The van der Waals surface area contributed by atoms with Crippen LogP contribution in [0.2, 0.25) is 0 Å². The van der Waals surface area contributed by atoms with Crippen molar-refractivity contribution in [2.24, 2.45) is 0 Å². The van der Waals surface area contributed by atoms with Crippen LogP contribution in [0.5, 0.6) is 17.5 Å². The fraction of sp³-hybridized carbons (Fsp3) is 0.389. The Kier molecular flexibility index (Phi) is 6.92. The molecule has 1 aliphatic rings. The van der Waals surface area contributed by atoms with Crippen LogP contribution in [0, 0.1) is 0 Å². The Morgan fingerprint density at radius 2 is 1.96 bits per heavy atom. The zero-order chi connectivity index (χ0) is 19.2. The maximum Gasteiger partial charge on any atom is 0.324 e. The van der Waals surface area contributed by atoms with E-state index in [0.29, 0.717) is 23.9 Å². The Hall–Kier alpha value is -1.84. The SMILES string of the molecule is CCOC(=O)[C@@H]1CSC(C(C)Oc2ccc(Oc3ncc(Br)cn3)cc2)N1. The zero-order valence-electron chi connectivity index (χ0n) is 14.9. The van der Waals surface area contributed by atoms with Crippen molar-refractivity contribution >= 4 is 33.7 Å². The summed E-state index contributed by atoms with van der Waals surface area (Å²) in [5.41, 5.74) is 0. The average molecular weight is 454 g/mol. The first kappa shape index (κ1) is 19.9. The van der Waals surface area contributed by atoms with Crippen LogP contribution < -0.4 is 14.8 Å². The number of ether oxygens (including phenoxy) is 3. The minimum atomic E-state index is -0.285. The molecule has 7 nitrogen and oxygen atoms in total. The van der Waals surface area contributed by atoms with E-state index in [4.69, 9.17) is 14.2 Å². The van der Waals surface area contributed by atoms with Gasteiger partial charge in [0.25, 0.3) is 0 Å². The van der Waals surface area contributed by atoms with Crippen molar-refractivity contribution in [3.05, 3.63) is 41.1 Å². The molecule has 0 aliphatic carbocycles. The number of carbonyl (C=O) groups is 1. The number of nitrogens with one attached hydrogen (secondary N) is 1. The van der Waals surface area contributed by atoms with Gasteiger partial charge >= 0.3 is 12.0 Å². The molecule has 3 atom stereocenters. The van der Waals surface area contributed by atoms with E-state index in [0.717, 1.165) is 4.47 Å². The molecule has 9 heteroatoms. The standard InChI is InChI=1S/C18H20BrN3O4S/c1-3-24-17(23)15-10-27-16(22-15)11(2)25-13-4-6-14(7-5-13)26-18-20-8-12(19)9-21-18/h4-9,11,15-16,22H,3,10H2,1-2H3/t11?,15-,16?/m0/s1. The highest BCUT2D eigenvalue weighted by molar-refractivity contribution is 9.10. The number of benzene rings is 1. The maximum absolute atomic E-state index is 11.8. The van der Waals surface area contributed by atoms with Crippen molar-refractivity contribution < 1.29 is 19.0 Å². The second-order valence-electron chi connectivity index (χ2n) is 5.81. The number of esters is 1. The molecular weight excluding hydrogens is 434 g/mol. The Bertz CT molecular complexity index is 760. The summed E-state index contributed by atoms with van der Waals surface area (Å²) in [4.78, 5) is 20.0. The van der Waals surface area contributed by atoms with E-state index in [1.165, 1.54) is 0 Å². The van der Waals surface area contributed by atoms with E-state index in [1.807, 2.05) is 19.1 Å². The van der Waals surface area contributed by atoms with Crippen molar-refractivity contribution in [2.45, 2.75) is 31.4 Å². The van der Waals surface area contributed by atoms with E-state index >= 15 is 0 Å². The van der Waals surface area contributed by atoms with Crippen molar-refractivity contribution in [2.75, 3.05) is 12.4 Å². The summed E-state index contributed by atoms with van der Waals surface area (Å²) >= 11 is 4.94. The lowest BCUT2D eigenvalue weighted by Gasteiger charge is -2.21. The number of carbonyl (C=O) groups excluding carboxylic acids is 1. The highest BCUT2D eigenvalue weighted by Gasteiger charge is 2.34. The van der Waals surface area contributed by atoms with Gasteiger partial charge in [0.1, 0.15) is 23.6 Å². The molecule has 2 heterocycles. The first-order chi connectivity index (χ1) is 13.0. The second kappa shape index (κ2) is 9.38. The summed E-state index contributed by atoms with van der Waals surface area (Å²) < 4.78 is 17.4. The summed E-state index contributed by atoms with van der Waals surface area (Å²) in [5.74, 6) is 1.80. The smallest absolute Gasteiger partial charge is 0.324 e. The Balaban J connectivity index is 1.52. The molecule has 0 bridgehead atoms. The van der Waals surface area contributed by atoms with Crippen LogP contribution in [0.3, 0.4) is 0 Å². The van der Waals surface area contributed by atoms with Crippen LogP contribution in [0.4, 0.5) is 0 Å². The average Bonchev–Trinajstić information content (AvgIpc) is 3.16. The summed E-state index contributed by atoms with van der Waals surface area (Å²) in [6, 6.07) is 7.23. The molecule has 1 saturated heterocycles. The van der Waals surface area contributed by atoms with Crippen molar-refractivity contribution in [1.82, 2.24) is 15.3 Å². The monoisotopic (exact) mass is 453 g/mol. The number of halogens is 1. The van der Waals surface area contributed by atoms with Crippen molar-refractivity contribution in [3.8, 4) is 17.5 Å². The van der Waals surface area contributed by atoms with Gasteiger partial charge in [-0.3, -0.25) is 10.1 Å². The minimum absolute atomic E-state index is 0.0199. The first-order valence-corrected chi connectivity index (χ1v) is 10.4. The molecule has 2 unspecified atom stereocenters. The predicted molar refractivity (Wildman–Crippen MR) is 106 cm³/mol. The molecule has 0 spiro atoms. The molecule has 144 valence electrons. The van der Waals surface area contributed by atoms with Crippen LogP contribution in [0.25, 0.3) is 0 Å². The van der Waals surface area contributed by atoms with Crippen molar-refractivity contribution in [1.29, 1.82) is 0 Å². The number of hydrogen-bond acceptors (Lipinski definition) is 8. The topological polar surface area (TPSA) is 82.6 Å². The maximum atomic E-state index is 11.8. The molecule has 1 aromatic carbocycles. The van der Waals surface area contributed by atoms with E-state index in [1.54, 1.807) is 43.2 Å². The molecule has 1 fully saturated rings. The molecule has 1 N–H and O–H groups in total. The molecular formula is C18H20BrN3O4S. The lowest BCUT2D eigenvalue weighted by molar-refractivity contribution is -0.144. The van der Waals surface area contributed by atoms with Gasteiger partial charge in [-0.05, 0) is 54.0 Å². The molecule has 0 radical (unpaired) electrons. The fourth-order valence-corrected chi connectivity index (χ4v) is 3.89. The van der Waals surface area contributed by atoms with Crippen LogP contribution in [-0.2, 0) is 9.53 Å². The number of hydrogen-bond donors (Lipinski definition) is 1. The van der Waals surface area contributed by atoms with Gasteiger partial charge in [0.15, 0.2) is 0 Å². The quantitative estimate of drug-likeness (QED) is 0.638. The normalized spacial score (nSPS) is 20.1. The second-order valence-corrected chi connectivity index (χ2v) is 7.90. The van der Waals surface area contributed by atoms with Gasteiger partial charge in [-0.25, -0.2) is 9.97 Å². The van der Waals surface area contributed by atoms with Crippen LogP contribution in [0.15, 0.2) is 41.1 Å². The molecule has 1 aliphatic heterocycles. The van der Waals surface area contributed by atoms with Gasteiger partial charge < -0.3 is 14.2 Å². The lowest BCUT2D eigenvalue weighted by atomic mass is 10.3. The van der Waals surface area contributed by atoms with E-state index in [2.05, 4.69) is 31.2 Å². The predicted octanol–water partition coefficient (Wildman–Crippen LogP) is 3.39. The number of nitrogens with zero attached hydrogens (tertiary/aromatic N) is 2. The van der Waals surface area contributed by atoms with Crippen molar-refractivity contribution in [3.63, 3.8) is 0 Å². The summed E-state index contributed by atoms with van der Waals surface area (Å²) in [6.45, 7) is 4.16. The Morgan fingerprint density at radius 1 is 1.30 bits per heavy atom. The highest BCUT2D eigenvalue weighted by Crippen LogP contribution is 2.27. The van der Waals surface area contributed by atoms with E-state index in [-0.39, 0.29) is 29.5 Å². The third-order valence-electron chi connectivity index (χ3n) is 3.76. The number of thioether (sulfide) groups is 1. The van der Waals surface area contributed by atoms with Crippen LogP contribution >= 0.6 is 27.7 Å². The van der Waals surface area contributed by atoms with Gasteiger partial charge in [0, 0.05) is 18.1 Å². The Labute approximate surface area is 170 Å². The number of aromatic nitrogens is 2. The molecule has 1 aromatic heterocycles. The Morgan fingerprint density at radius 3 is 2.63 bits per heavy atom. The molecule has 0 amide bonds. The van der Waals surface area contributed by atoms with Gasteiger partial charge in [-0.2, -0.15) is 0 Å². The van der Waals surface area contributed by atoms with Gasteiger partial charge in [0.2, 0.25) is 0 Å². The highest BCUT2D eigenvalue weighted by atomic mass is 79.9. The first-order valence-electron chi connectivity index (χ1n) is 8.51. The lowest BCUT2D eigenvalue weighted by Crippen LogP contribution is -2.43. The molecule has 27 heavy (non-hydrogen) atoms. The fourth-order valence-electron chi connectivity index (χ4n) is 2.47. The van der Waals surface area contributed by atoms with E-state index in [9.17, 15) is 4.79 Å². The largest absolute Gasteiger partial charge is 0.488 e. The molecule has 0 saturated carbocycles. The molecule has 3 rings (SSSR count). The summed E-state index contributed by atoms with van der Waals surface area (Å²) in [6.07, 6.45) is 3.13. The van der Waals surface area contributed by atoms with Gasteiger partial charge in [-0.1, -0.05) is 0 Å². The third kappa shape index (κ3) is 5.57. The molecule has 2 aromatic rings.